The van der Waals surface area contributed by atoms with Crippen molar-refractivity contribution in [2.45, 2.75) is 52.6 Å². The van der Waals surface area contributed by atoms with Crippen LogP contribution >= 0.6 is 0 Å². The fraction of sp³-hybridized carbons (Fsp3) is 0.867. The first kappa shape index (κ1) is 22.6. The summed E-state index contributed by atoms with van der Waals surface area (Å²) in [4.78, 5) is 23.0. The molecule has 0 rings (SSSR count). The van der Waals surface area contributed by atoms with E-state index in [2.05, 4.69) is 10.6 Å². The molecule has 0 bridgehead atoms. The highest BCUT2D eigenvalue weighted by Gasteiger charge is 2.15. The molecule has 0 atom stereocenters. The van der Waals surface area contributed by atoms with Gasteiger partial charge in [0.1, 0.15) is 5.60 Å². The lowest BCUT2D eigenvalue weighted by atomic mass is 10.2. The predicted octanol–water partition coefficient (Wildman–Crippen LogP) is 1.08. The highest BCUT2D eigenvalue weighted by atomic mass is 32.2. The van der Waals surface area contributed by atoms with Gasteiger partial charge in [-0.05, 0) is 33.6 Å². The zero-order valence-electron chi connectivity index (χ0n) is 15.3. The van der Waals surface area contributed by atoms with E-state index in [1.807, 2.05) is 0 Å². The summed E-state index contributed by atoms with van der Waals surface area (Å²) < 4.78 is 29.2. The lowest BCUT2D eigenvalue weighted by Crippen LogP contribution is -2.34. The molecule has 2 amide bonds. The van der Waals surface area contributed by atoms with Gasteiger partial charge in [-0.3, -0.25) is 4.79 Å². The van der Waals surface area contributed by atoms with E-state index < -0.39 is 21.7 Å². The molecule has 0 unspecified atom stereocenters. The molecule has 0 spiro atoms. The van der Waals surface area contributed by atoms with Crippen LogP contribution in [0.5, 0.6) is 0 Å². The van der Waals surface area contributed by atoms with Crippen molar-refractivity contribution < 1.29 is 22.7 Å². The van der Waals surface area contributed by atoms with Crippen LogP contribution in [-0.4, -0.2) is 62.8 Å². The van der Waals surface area contributed by atoms with Crippen molar-refractivity contribution in [3.8, 4) is 0 Å². The number of carbonyl (C=O) groups is 2. The molecule has 0 saturated carbocycles. The van der Waals surface area contributed by atoms with E-state index in [0.717, 1.165) is 0 Å². The first-order chi connectivity index (χ1) is 11.0. The molecular formula is C15H31N3O5S. The molecule has 8 nitrogen and oxygen atoms in total. The van der Waals surface area contributed by atoms with Gasteiger partial charge < -0.3 is 15.4 Å². The van der Waals surface area contributed by atoms with Crippen LogP contribution in [0.3, 0.4) is 0 Å². The number of nitrogens with one attached hydrogen (secondary N) is 2. The van der Waals surface area contributed by atoms with Gasteiger partial charge in [-0.25, -0.2) is 17.5 Å². The number of rotatable bonds is 10. The third kappa shape index (κ3) is 12.1. The molecule has 2 N–H and O–H groups in total. The topological polar surface area (TPSA) is 105 Å². The number of carbonyl (C=O) groups excluding carboxylic acids is 2. The molecule has 0 saturated heterocycles. The van der Waals surface area contributed by atoms with Crippen molar-refractivity contribution in [3.05, 3.63) is 0 Å². The van der Waals surface area contributed by atoms with Crippen molar-refractivity contribution in [2.24, 2.45) is 0 Å². The first-order valence-electron chi connectivity index (χ1n) is 8.14. The van der Waals surface area contributed by atoms with Crippen LogP contribution in [0.25, 0.3) is 0 Å². The van der Waals surface area contributed by atoms with E-state index in [1.165, 1.54) is 10.6 Å². The van der Waals surface area contributed by atoms with Crippen LogP contribution in [0, 0.1) is 0 Å². The normalized spacial score (nSPS) is 12.1. The van der Waals surface area contributed by atoms with Gasteiger partial charge >= 0.3 is 6.09 Å². The molecule has 0 heterocycles. The van der Waals surface area contributed by atoms with Gasteiger partial charge in [0.25, 0.3) is 0 Å². The van der Waals surface area contributed by atoms with E-state index in [-0.39, 0.29) is 5.91 Å². The molecular weight excluding hydrogens is 334 g/mol. The van der Waals surface area contributed by atoms with Crippen molar-refractivity contribution >= 4 is 22.0 Å². The molecule has 9 heteroatoms. The first-order valence-corrected chi connectivity index (χ1v) is 9.99. The van der Waals surface area contributed by atoms with Crippen LogP contribution in [0.4, 0.5) is 4.79 Å². The maximum atomic E-state index is 11.6. The van der Waals surface area contributed by atoms with Gasteiger partial charge in [0.15, 0.2) is 0 Å². The van der Waals surface area contributed by atoms with Gasteiger partial charge in [-0.2, -0.15) is 0 Å². The van der Waals surface area contributed by atoms with E-state index in [4.69, 9.17) is 4.74 Å². The Morgan fingerprint density at radius 1 is 1.08 bits per heavy atom. The Balaban J connectivity index is 3.76. The Morgan fingerprint density at radius 3 is 2.17 bits per heavy atom. The summed E-state index contributed by atoms with van der Waals surface area (Å²) in [6.07, 6.45) is 2.04. The van der Waals surface area contributed by atoms with Gasteiger partial charge in [0.05, 0.1) is 6.26 Å². The molecule has 0 aromatic heterocycles. The summed E-state index contributed by atoms with van der Waals surface area (Å²) in [6.45, 7) is 8.71. The number of ether oxygens (including phenoxy) is 1. The summed E-state index contributed by atoms with van der Waals surface area (Å²) in [5.74, 6) is -0.122. The van der Waals surface area contributed by atoms with Crippen LogP contribution in [0.2, 0.25) is 0 Å². The lowest BCUT2D eigenvalue weighted by molar-refractivity contribution is -0.121. The number of hydrogen-bond acceptors (Lipinski definition) is 5. The standard InChI is InChI=1S/C15H31N3O5S/c1-6-18(24(5,21)22)12-8-11-16-13(19)9-7-10-17-14(20)23-15(2,3)4/h6-12H2,1-5H3,(H,16,19)(H,17,20). The predicted molar refractivity (Wildman–Crippen MR) is 93.2 cm³/mol. The van der Waals surface area contributed by atoms with Gasteiger partial charge in [0, 0.05) is 32.6 Å². The maximum absolute atomic E-state index is 11.6. The lowest BCUT2D eigenvalue weighted by Gasteiger charge is -2.19. The molecule has 0 aliphatic rings. The third-order valence-electron chi connectivity index (χ3n) is 2.98. The third-order valence-corrected chi connectivity index (χ3v) is 4.36. The number of sulfonamides is 1. The smallest absolute Gasteiger partial charge is 0.407 e. The fourth-order valence-corrected chi connectivity index (χ4v) is 2.81. The number of hydrogen-bond donors (Lipinski definition) is 2. The van der Waals surface area contributed by atoms with Crippen LogP contribution in [0.1, 0.15) is 47.0 Å². The minimum absolute atomic E-state index is 0.122. The summed E-state index contributed by atoms with van der Waals surface area (Å²) in [7, 11) is -3.19. The van der Waals surface area contributed by atoms with Gasteiger partial charge in [-0.15, -0.1) is 0 Å². The number of nitrogens with zero attached hydrogens (tertiary/aromatic N) is 1. The van der Waals surface area contributed by atoms with Gasteiger partial charge in [0.2, 0.25) is 15.9 Å². The zero-order chi connectivity index (χ0) is 18.8. The molecule has 0 aromatic carbocycles. The van der Waals surface area contributed by atoms with Crippen molar-refractivity contribution in [1.82, 2.24) is 14.9 Å². The van der Waals surface area contributed by atoms with E-state index in [0.29, 0.717) is 45.4 Å². The molecule has 0 aromatic rings. The molecule has 142 valence electrons. The minimum Gasteiger partial charge on any atom is -0.444 e. The fourth-order valence-electron chi connectivity index (χ4n) is 1.88. The molecule has 0 aliphatic carbocycles. The summed E-state index contributed by atoms with van der Waals surface area (Å²) in [5.41, 5.74) is -0.542. The quantitative estimate of drug-likeness (QED) is 0.564. The monoisotopic (exact) mass is 365 g/mol. The average molecular weight is 365 g/mol. The Kier molecular flexibility index (Phi) is 9.91. The van der Waals surface area contributed by atoms with Crippen molar-refractivity contribution in [2.75, 3.05) is 32.4 Å². The van der Waals surface area contributed by atoms with Crippen LogP contribution in [-0.2, 0) is 19.6 Å². The van der Waals surface area contributed by atoms with E-state index in [9.17, 15) is 18.0 Å². The van der Waals surface area contributed by atoms with Crippen LogP contribution in [0.15, 0.2) is 0 Å². The van der Waals surface area contributed by atoms with Crippen LogP contribution < -0.4 is 10.6 Å². The molecule has 0 aliphatic heterocycles. The second-order valence-corrected chi connectivity index (χ2v) is 8.47. The van der Waals surface area contributed by atoms with Gasteiger partial charge in [-0.1, -0.05) is 6.92 Å². The Morgan fingerprint density at radius 2 is 1.67 bits per heavy atom. The average Bonchev–Trinajstić information content (AvgIpc) is 2.40. The van der Waals surface area contributed by atoms with E-state index in [1.54, 1.807) is 27.7 Å². The molecule has 24 heavy (non-hydrogen) atoms. The highest BCUT2D eigenvalue weighted by molar-refractivity contribution is 7.88. The zero-order valence-corrected chi connectivity index (χ0v) is 16.2. The highest BCUT2D eigenvalue weighted by Crippen LogP contribution is 2.06. The largest absolute Gasteiger partial charge is 0.444 e. The number of alkyl carbamates (subject to hydrolysis) is 1. The van der Waals surface area contributed by atoms with Crippen molar-refractivity contribution in [3.63, 3.8) is 0 Å². The van der Waals surface area contributed by atoms with Crippen molar-refractivity contribution in [1.29, 1.82) is 0 Å². The second-order valence-electron chi connectivity index (χ2n) is 6.49. The number of amides is 2. The summed E-state index contributed by atoms with van der Waals surface area (Å²) in [5, 5.41) is 5.32. The Labute approximate surface area is 145 Å². The Bertz CT molecular complexity index is 500. The second kappa shape index (κ2) is 10.5. The molecule has 0 fully saturated rings. The Hall–Kier alpha value is -1.35. The summed E-state index contributed by atoms with van der Waals surface area (Å²) in [6, 6.07) is 0. The van der Waals surface area contributed by atoms with E-state index >= 15 is 0 Å². The summed E-state index contributed by atoms with van der Waals surface area (Å²) >= 11 is 0. The SMILES string of the molecule is CCN(CCCNC(=O)CCCNC(=O)OC(C)(C)C)S(C)(=O)=O. The minimum atomic E-state index is -3.19. The molecule has 0 radical (unpaired) electrons. The maximum Gasteiger partial charge on any atom is 0.407 e.